The van der Waals surface area contributed by atoms with Crippen LogP contribution >= 0.6 is 34.8 Å². The van der Waals surface area contributed by atoms with E-state index >= 15 is 0 Å². The number of aliphatic imine (C=N–C) groups is 1. The van der Waals surface area contributed by atoms with E-state index in [0.717, 1.165) is 11.1 Å². The molecule has 0 fully saturated rings. The molecule has 0 spiro atoms. The number of furan rings is 1. The van der Waals surface area contributed by atoms with Crippen LogP contribution in [0, 0.1) is 13.8 Å². The minimum atomic E-state index is -3.86. The second-order valence-corrected chi connectivity index (χ2v) is 11.5. The molecule has 1 aromatic heterocycles. The van der Waals surface area contributed by atoms with Crippen LogP contribution in [0.1, 0.15) is 28.2 Å². The SMILES string of the molecule is Cc1ccc(S(=O)(=O)N(Cc2ccc(C=Nc3ccc(C)c(Cl)c3)o2)Cc2ccc(Cl)cc2Cl)cc1. The van der Waals surface area contributed by atoms with Crippen LogP contribution in [0.4, 0.5) is 5.69 Å². The maximum Gasteiger partial charge on any atom is 0.243 e. The fourth-order valence-electron chi connectivity index (χ4n) is 3.45. The highest BCUT2D eigenvalue weighted by Crippen LogP contribution is 2.27. The Balaban J connectivity index is 1.61. The minimum absolute atomic E-state index is 0.000630. The Hall–Kier alpha value is -2.61. The molecule has 5 nitrogen and oxygen atoms in total. The Morgan fingerprint density at radius 3 is 2.31 bits per heavy atom. The number of hydrogen-bond acceptors (Lipinski definition) is 4. The molecule has 0 saturated heterocycles. The van der Waals surface area contributed by atoms with Gasteiger partial charge in [0.15, 0.2) is 0 Å². The fraction of sp³-hybridized carbons (Fsp3) is 0.148. The van der Waals surface area contributed by atoms with E-state index in [1.165, 1.54) is 4.31 Å². The number of sulfonamides is 1. The predicted molar refractivity (Wildman–Crippen MR) is 146 cm³/mol. The zero-order chi connectivity index (χ0) is 25.9. The van der Waals surface area contributed by atoms with Gasteiger partial charge in [-0.1, -0.05) is 64.6 Å². The van der Waals surface area contributed by atoms with Crippen molar-refractivity contribution in [3.05, 3.63) is 116 Å². The molecule has 0 saturated carbocycles. The van der Waals surface area contributed by atoms with Crippen molar-refractivity contribution in [2.75, 3.05) is 0 Å². The van der Waals surface area contributed by atoms with Crippen LogP contribution in [-0.4, -0.2) is 18.9 Å². The topological polar surface area (TPSA) is 62.9 Å². The van der Waals surface area contributed by atoms with Gasteiger partial charge in [0, 0.05) is 21.6 Å². The Bertz CT molecular complexity index is 1510. The largest absolute Gasteiger partial charge is 0.459 e. The van der Waals surface area contributed by atoms with Gasteiger partial charge < -0.3 is 4.42 Å². The first kappa shape index (κ1) is 26.5. The van der Waals surface area contributed by atoms with Crippen LogP contribution in [0.3, 0.4) is 0 Å². The summed E-state index contributed by atoms with van der Waals surface area (Å²) in [7, 11) is -3.86. The van der Waals surface area contributed by atoms with E-state index < -0.39 is 10.0 Å². The molecule has 0 unspecified atom stereocenters. The van der Waals surface area contributed by atoms with E-state index in [1.54, 1.807) is 66.9 Å². The molecule has 4 rings (SSSR count). The van der Waals surface area contributed by atoms with E-state index in [1.807, 2.05) is 26.0 Å². The molecular formula is C27H23Cl3N2O3S. The molecule has 9 heteroatoms. The lowest BCUT2D eigenvalue weighted by Gasteiger charge is -2.22. The van der Waals surface area contributed by atoms with Gasteiger partial charge >= 0.3 is 0 Å². The van der Waals surface area contributed by atoms with Crippen LogP contribution < -0.4 is 0 Å². The number of hydrogen-bond donors (Lipinski definition) is 0. The molecular weight excluding hydrogens is 539 g/mol. The monoisotopic (exact) mass is 560 g/mol. The number of rotatable bonds is 8. The van der Waals surface area contributed by atoms with Crippen LogP contribution in [0.15, 0.2) is 87.1 Å². The molecule has 0 amide bonds. The number of halogens is 3. The van der Waals surface area contributed by atoms with Crippen molar-refractivity contribution in [2.45, 2.75) is 31.8 Å². The first-order valence-electron chi connectivity index (χ1n) is 11.0. The van der Waals surface area contributed by atoms with E-state index in [9.17, 15) is 8.42 Å². The van der Waals surface area contributed by atoms with Crippen molar-refractivity contribution in [1.82, 2.24) is 4.31 Å². The van der Waals surface area contributed by atoms with E-state index in [0.29, 0.717) is 37.8 Å². The van der Waals surface area contributed by atoms with Crippen LogP contribution in [0.5, 0.6) is 0 Å². The molecule has 3 aromatic carbocycles. The molecule has 4 aromatic rings. The lowest BCUT2D eigenvalue weighted by atomic mass is 10.2. The van der Waals surface area contributed by atoms with Crippen molar-refractivity contribution < 1.29 is 12.8 Å². The Morgan fingerprint density at radius 2 is 1.61 bits per heavy atom. The quantitative estimate of drug-likeness (QED) is 0.205. The molecule has 0 aliphatic carbocycles. The zero-order valence-corrected chi connectivity index (χ0v) is 22.7. The zero-order valence-electron chi connectivity index (χ0n) is 19.6. The van der Waals surface area contributed by atoms with Crippen LogP contribution in [0.25, 0.3) is 0 Å². The summed E-state index contributed by atoms with van der Waals surface area (Å²) in [6.45, 7) is 3.86. The van der Waals surface area contributed by atoms with Gasteiger partial charge in [0.2, 0.25) is 10.0 Å². The summed E-state index contributed by atoms with van der Waals surface area (Å²) < 4.78 is 34.4. The van der Waals surface area contributed by atoms with Gasteiger partial charge in [0.1, 0.15) is 11.5 Å². The van der Waals surface area contributed by atoms with Gasteiger partial charge in [0.25, 0.3) is 0 Å². The van der Waals surface area contributed by atoms with Crippen molar-refractivity contribution in [2.24, 2.45) is 4.99 Å². The minimum Gasteiger partial charge on any atom is -0.459 e. The van der Waals surface area contributed by atoms with Gasteiger partial charge in [-0.25, -0.2) is 8.42 Å². The molecule has 186 valence electrons. The van der Waals surface area contributed by atoms with E-state index in [4.69, 9.17) is 39.2 Å². The van der Waals surface area contributed by atoms with Crippen molar-refractivity contribution >= 4 is 56.7 Å². The first-order chi connectivity index (χ1) is 17.1. The molecule has 1 heterocycles. The summed E-state index contributed by atoms with van der Waals surface area (Å²) >= 11 is 18.6. The molecule has 0 aliphatic heterocycles. The third kappa shape index (κ3) is 6.38. The highest BCUT2D eigenvalue weighted by atomic mass is 35.5. The highest BCUT2D eigenvalue weighted by Gasteiger charge is 2.26. The van der Waals surface area contributed by atoms with Crippen molar-refractivity contribution in [1.29, 1.82) is 0 Å². The predicted octanol–water partition coefficient (Wildman–Crippen LogP) is 8.00. The molecule has 36 heavy (non-hydrogen) atoms. The number of benzene rings is 3. The fourth-order valence-corrected chi connectivity index (χ4v) is 5.48. The molecule has 0 atom stereocenters. The molecule has 0 N–H and O–H groups in total. The maximum absolute atomic E-state index is 13.6. The van der Waals surface area contributed by atoms with Gasteiger partial charge in [-0.15, -0.1) is 0 Å². The lowest BCUT2D eigenvalue weighted by molar-refractivity contribution is 0.357. The molecule has 0 bridgehead atoms. The lowest BCUT2D eigenvalue weighted by Crippen LogP contribution is -2.30. The van der Waals surface area contributed by atoms with Crippen LogP contribution in [0.2, 0.25) is 15.1 Å². The number of nitrogens with zero attached hydrogens (tertiary/aromatic N) is 2. The summed E-state index contributed by atoms with van der Waals surface area (Å²) in [6.07, 6.45) is 1.57. The molecule has 0 radical (unpaired) electrons. The number of aryl methyl sites for hydroxylation is 2. The van der Waals surface area contributed by atoms with Crippen LogP contribution in [-0.2, 0) is 23.1 Å². The standard InChI is InChI=1S/C27H23Cl3N2O3S/c1-18-3-11-25(12-4-18)36(33,34)32(16-20-6-7-21(28)13-27(20)30)17-24-10-9-23(35-24)15-31-22-8-5-19(2)26(29)14-22/h3-15H,16-17H2,1-2H3. The normalized spacial score (nSPS) is 12.1. The summed E-state index contributed by atoms with van der Waals surface area (Å²) in [4.78, 5) is 4.58. The average molecular weight is 562 g/mol. The summed E-state index contributed by atoms with van der Waals surface area (Å²) in [5.74, 6) is 0.943. The summed E-state index contributed by atoms with van der Waals surface area (Å²) in [5.41, 5.74) is 3.24. The third-order valence-corrected chi connectivity index (χ3v) is 8.33. The van der Waals surface area contributed by atoms with E-state index in [-0.39, 0.29) is 18.0 Å². The summed E-state index contributed by atoms with van der Waals surface area (Å²) in [5, 5.41) is 1.49. The summed E-state index contributed by atoms with van der Waals surface area (Å²) in [6, 6.07) is 20.7. The Labute approximate surface area is 226 Å². The second kappa shape index (κ2) is 11.2. The Morgan fingerprint density at radius 1 is 0.861 bits per heavy atom. The van der Waals surface area contributed by atoms with Gasteiger partial charge in [0.05, 0.1) is 23.3 Å². The van der Waals surface area contributed by atoms with Gasteiger partial charge in [-0.05, 0) is 73.5 Å². The second-order valence-electron chi connectivity index (χ2n) is 8.32. The smallest absolute Gasteiger partial charge is 0.243 e. The highest BCUT2D eigenvalue weighted by molar-refractivity contribution is 7.89. The van der Waals surface area contributed by atoms with Crippen molar-refractivity contribution in [3.63, 3.8) is 0 Å². The van der Waals surface area contributed by atoms with Gasteiger partial charge in [-0.3, -0.25) is 4.99 Å². The molecule has 0 aliphatic rings. The average Bonchev–Trinajstić information content (AvgIpc) is 3.28. The maximum atomic E-state index is 13.6. The van der Waals surface area contributed by atoms with Crippen molar-refractivity contribution in [3.8, 4) is 0 Å². The van der Waals surface area contributed by atoms with Gasteiger partial charge in [-0.2, -0.15) is 4.31 Å². The first-order valence-corrected chi connectivity index (χ1v) is 13.6. The third-order valence-electron chi connectivity index (χ3n) is 5.53. The van der Waals surface area contributed by atoms with E-state index in [2.05, 4.69) is 4.99 Å². The Kier molecular flexibility index (Phi) is 8.23.